The Kier molecular flexibility index (Phi) is 3.27. The molecule has 88 valence electrons. The largest absolute Gasteiger partial charge is 0.477 e. The van der Waals surface area contributed by atoms with E-state index >= 15 is 0 Å². The molecule has 1 aromatic carbocycles. The molecule has 1 aromatic rings. The molecule has 0 radical (unpaired) electrons. The number of hydrogen-bond donors (Lipinski definition) is 1. The van der Waals surface area contributed by atoms with Gasteiger partial charge in [-0.15, -0.1) is 0 Å². The minimum Gasteiger partial charge on any atom is -0.477 e. The van der Waals surface area contributed by atoms with Crippen LogP contribution in [0, 0.1) is 11.6 Å². The molecule has 0 saturated heterocycles. The highest BCUT2D eigenvalue weighted by atomic mass is 32.2. The number of aromatic carboxylic acids is 1. The van der Waals surface area contributed by atoms with Crippen LogP contribution in [0.25, 0.3) is 0 Å². The summed E-state index contributed by atoms with van der Waals surface area (Å²) in [7, 11) is -3.91. The second-order valence-electron chi connectivity index (χ2n) is 2.94. The first-order valence-corrected chi connectivity index (χ1v) is 5.90. The molecule has 0 aliphatic carbocycles. The van der Waals surface area contributed by atoms with Crippen LogP contribution in [0.1, 0.15) is 17.3 Å². The molecule has 7 heteroatoms. The van der Waals surface area contributed by atoms with Gasteiger partial charge in [-0.2, -0.15) is 0 Å². The monoisotopic (exact) mass is 250 g/mol. The van der Waals surface area contributed by atoms with Gasteiger partial charge in [-0.05, 0) is 12.1 Å². The lowest BCUT2D eigenvalue weighted by Gasteiger charge is -2.06. The van der Waals surface area contributed by atoms with E-state index in [1.54, 1.807) is 0 Å². The molecular formula is C9H8F2O4S. The molecule has 0 bridgehead atoms. The molecule has 1 N–H and O–H groups in total. The first kappa shape index (κ1) is 12.6. The second kappa shape index (κ2) is 4.17. The summed E-state index contributed by atoms with van der Waals surface area (Å²) >= 11 is 0. The van der Waals surface area contributed by atoms with Crippen LogP contribution in [0.15, 0.2) is 17.0 Å². The van der Waals surface area contributed by atoms with Gasteiger partial charge in [-0.1, -0.05) is 6.92 Å². The molecule has 0 aliphatic heterocycles. The van der Waals surface area contributed by atoms with Crippen LogP contribution in [0.5, 0.6) is 0 Å². The van der Waals surface area contributed by atoms with Crippen LogP contribution in [-0.2, 0) is 9.84 Å². The predicted molar refractivity (Wildman–Crippen MR) is 51.0 cm³/mol. The molecule has 0 aromatic heterocycles. The summed E-state index contributed by atoms with van der Waals surface area (Å²) in [5, 5.41) is 8.53. The highest BCUT2D eigenvalue weighted by Crippen LogP contribution is 2.21. The summed E-state index contributed by atoms with van der Waals surface area (Å²) in [5.41, 5.74) is -1.26. The van der Waals surface area contributed by atoms with E-state index in [1.165, 1.54) is 6.92 Å². The minimum atomic E-state index is -3.91. The van der Waals surface area contributed by atoms with Crippen molar-refractivity contribution in [3.63, 3.8) is 0 Å². The molecule has 0 heterocycles. The number of halogens is 2. The maximum atomic E-state index is 13.5. The molecule has 0 saturated carbocycles. The van der Waals surface area contributed by atoms with E-state index in [1.807, 2.05) is 0 Å². The molecule has 0 atom stereocenters. The van der Waals surface area contributed by atoms with Crippen molar-refractivity contribution in [2.75, 3.05) is 5.75 Å². The van der Waals surface area contributed by atoms with Crippen molar-refractivity contribution in [2.45, 2.75) is 11.8 Å². The molecule has 4 nitrogen and oxygen atoms in total. The fourth-order valence-corrected chi connectivity index (χ4v) is 2.09. The Balaban J connectivity index is 3.59. The first-order valence-electron chi connectivity index (χ1n) is 4.25. The van der Waals surface area contributed by atoms with Crippen molar-refractivity contribution in [1.82, 2.24) is 0 Å². The zero-order valence-electron chi connectivity index (χ0n) is 8.20. The van der Waals surface area contributed by atoms with Crippen LogP contribution in [-0.4, -0.2) is 25.2 Å². The van der Waals surface area contributed by atoms with E-state index < -0.39 is 43.7 Å². The maximum absolute atomic E-state index is 13.5. The van der Waals surface area contributed by atoms with Crippen molar-refractivity contribution < 1.29 is 27.1 Å². The topological polar surface area (TPSA) is 71.4 Å². The Bertz CT molecular complexity index is 537. The zero-order chi connectivity index (χ0) is 12.5. The van der Waals surface area contributed by atoms with Crippen molar-refractivity contribution in [3.8, 4) is 0 Å². The first-order chi connectivity index (χ1) is 7.31. The number of rotatable bonds is 3. The van der Waals surface area contributed by atoms with Crippen LogP contribution >= 0.6 is 0 Å². The van der Waals surface area contributed by atoms with Gasteiger partial charge in [0.25, 0.3) is 0 Å². The van der Waals surface area contributed by atoms with E-state index in [2.05, 4.69) is 0 Å². The molecule has 1 rings (SSSR count). The third-order valence-corrected chi connectivity index (χ3v) is 3.73. The van der Waals surface area contributed by atoms with Crippen LogP contribution in [0.4, 0.5) is 8.78 Å². The molecular weight excluding hydrogens is 242 g/mol. The van der Waals surface area contributed by atoms with Crippen molar-refractivity contribution >= 4 is 15.8 Å². The zero-order valence-corrected chi connectivity index (χ0v) is 9.01. The lowest BCUT2D eigenvalue weighted by atomic mass is 10.2. The number of carboxylic acid groups (broad SMARTS) is 1. The number of carbonyl (C=O) groups is 1. The van der Waals surface area contributed by atoms with Crippen molar-refractivity contribution in [3.05, 3.63) is 29.3 Å². The third-order valence-electron chi connectivity index (χ3n) is 1.98. The fraction of sp³-hybridized carbons (Fsp3) is 0.222. The summed E-state index contributed by atoms with van der Waals surface area (Å²) in [5.74, 6) is -5.10. The summed E-state index contributed by atoms with van der Waals surface area (Å²) < 4.78 is 49.1. The number of sulfone groups is 1. The van der Waals surface area contributed by atoms with Gasteiger partial charge in [0.2, 0.25) is 0 Å². The van der Waals surface area contributed by atoms with Crippen LogP contribution in [0.3, 0.4) is 0 Å². The fourth-order valence-electron chi connectivity index (χ4n) is 1.13. The number of benzene rings is 1. The Hall–Kier alpha value is -1.50. The summed E-state index contributed by atoms with van der Waals surface area (Å²) in [6.45, 7) is 1.28. The second-order valence-corrected chi connectivity index (χ2v) is 5.19. The summed E-state index contributed by atoms with van der Waals surface area (Å²) in [4.78, 5) is 9.74. The SMILES string of the molecule is CCS(=O)(=O)c1ccc(F)c(C(=O)O)c1F. The van der Waals surface area contributed by atoms with Gasteiger partial charge >= 0.3 is 5.97 Å². The minimum absolute atomic E-state index is 0.394. The Labute approximate surface area is 90.4 Å². The summed E-state index contributed by atoms with van der Waals surface area (Å²) in [6.07, 6.45) is 0. The standard InChI is InChI=1S/C9H8F2O4S/c1-2-16(14,15)6-4-3-5(10)7(8(6)11)9(12)13/h3-4H,2H2,1H3,(H,12,13). The quantitative estimate of drug-likeness (QED) is 0.824. The average molecular weight is 250 g/mol. The highest BCUT2D eigenvalue weighted by Gasteiger charge is 2.25. The van der Waals surface area contributed by atoms with Gasteiger partial charge in [0, 0.05) is 0 Å². The van der Waals surface area contributed by atoms with Crippen LogP contribution in [0.2, 0.25) is 0 Å². The van der Waals surface area contributed by atoms with Gasteiger partial charge in [-0.25, -0.2) is 22.0 Å². The van der Waals surface area contributed by atoms with Crippen molar-refractivity contribution in [1.29, 1.82) is 0 Å². The van der Waals surface area contributed by atoms with E-state index in [0.717, 1.165) is 6.07 Å². The molecule has 0 unspecified atom stereocenters. The van der Waals surface area contributed by atoms with Gasteiger partial charge < -0.3 is 5.11 Å². The Morgan fingerprint density at radius 2 is 1.94 bits per heavy atom. The lowest BCUT2D eigenvalue weighted by Crippen LogP contribution is -2.12. The van der Waals surface area contributed by atoms with E-state index in [-0.39, 0.29) is 0 Å². The molecule has 0 amide bonds. The van der Waals surface area contributed by atoms with Gasteiger partial charge in [0.15, 0.2) is 15.7 Å². The molecule has 0 spiro atoms. The number of hydrogen-bond acceptors (Lipinski definition) is 3. The number of carboxylic acids is 1. The third kappa shape index (κ3) is 2.04. The van der Waals surface area contributed by atoms with Crippen LogP contribution < -0.4 is 0 Å². The van der Waals surface area contributed by atoms with E-state index in [9.17, 15) is 22.0 Å². The Morgan fingerprint density at radius 1 is 1.38 bits per heavy atom. The van der Waals surface area contributed by atoms with Crippen molar-refractivity contribution in [2.24, 2.45) is 0 Å². The molecule has 0 aliphatic rings. The smallest absolute Gasteiger partial charge is 0.341 e. The van der Waals surface area contributed by atoms with Gasteiger partial charge in [-0.3, -0.25) is 0 Å². The van der Waals surface area contributed by atoms with E-state index in [4.69, 9.17) is 5.11 Å². The maximum Gasteiger partial charge on any atom is 0.341 e. The highest BCUT2D eigenvalue weighted by molar-refractivity contribution is 7.91. The predicted octanol–water partition coefficient (Wildman–Crippen LogP) is 1.46. The summed E-state index contributed by atoms with van der Waals surface area (Å²) in [6, 6.07) is 1.34. The molecule has 16 heavy (non-hydrogen) atoms. The average Bonchev–Trinajstić information content (AvgIpc) is 2.16. The molecule has 0 fully saturated rings. The Morgan fingerprint density at radius 3 is 2.38 bits per heavy atom. The lowest BCUT2D eigenvalue weighted by molar-refractivity contribution is 0.0685. The van der Waals surface area contributed by atoms with Gasteiger partial charge in [0.05, 0.1) is 5.75 Å². The van der Waals surface area contributed by atoms with E-state index in [0.29, 0.717) is 6.07 Å². The normalized spacial score (nSPS) is 11.4. The van der Waals surface area contributed by atoms with Gasteiger partial charge in [0.1, 0.15) is 16.3 Å².